The number of fused-ring (bicyclic) bond motifs is 2. The molecule has 4 aromatic rings. The van der Waals surface area contributed by atoms with Crippen molar-refractivity contribution >= 4 is 28.6 Å². The lowest BCUT2D eigenvalue weighted by Gasteiger charge is -2.10. The maximum absolute atomic E-state index is 12.7. The first kappa shape index (κ1) is 19.6. The third-order valence-electron chi connectivity index (χ3n) is 5.37. The van der Waals surface area contributed by atoms with Crippen LogP contribution in [0.15, 0.2) is 90.7 Å². The summed E-state index contributed by atoms with van der Waals surface area (Å²) in [5.41, 5.74) is 2.41. The number of aromatic carboxylic acids is 1. The van der Waals surface area contributed by atoms with E-state index in [2.05, 4.69) is 18.2 Å². The Balaban J connectivity index is 1.34. The van der Waals surface area contributed by atoms with E-state index in [9.17, 15) is 9.59 Å². The predicted molar refractivity (Wildman–Crippen MR) is 121 cm³/mol. The van der Waals surface area contributed by atoms with Crippen LogP contribution < -0.4 is 9.47 Å². The van der Waals surface area contributed by atoms with Crippen LogP contribution in [-0.4, -0.2) is 16.9 Å². The number of carboxylic acid groups (broad SMARTS) is 1. The smallest absolute Gasteiger partial charge is 0.335 e. The quantitative estimate of drug-likeness (QED) is 0.416. The molecular weight excluding hydrogens is 404 g/mol. The molecule has 156 valence electrons. The molecule has 1 N–H and O–H groups in total. The first-order valence-corrected chi connectivity index (χ1v) is 10.1. The molecule has 0 unspecified atom stereocenters. The highest BCUT2D eigenvalue weighted by atomic mass is 16.5. The van der Waals surface area contributed by atoms with Gasteiger partial charge in [0.1, 0.15) is 18.1 Å². The molecule has 4 aromatic carbocycles. The van der Waals surface area contributed by atoms with Gasteiger partial charge in [-0.05, 0) is 52.2 Å². The Morgan fingerprint density at radius 2 is 1.72 bits per heavy atom. The second-order valence-corrected chi connectivity index (χ2v) is 7.45. The van der Waals surface area contributed by atoms with E-state index in [0.29, 0.717) is 29.2 Å². The van der Waals surface area contributed by atoms with Gasteiger partial charge in [-0.15, -0.1) is 0 Å². The monoisotopic (exact) mass is 422 g/mol. The number of carboxylic acids is 1. The van der Waals surface area contributed by atoms with Gasteiger partial charge in [0, 0.05) is 6.07 Å². The van der Waals surface area contributed by atoms with Crippen molar-refractivity contribution in [1.29, 1.82) is 0 Å². The second-order valence-electron chi connectivity index (χ2n) is 7.45. The lowest BCUT2D eigenvalue weighted by atomic mass is 10.1. The Labute approximate surface area is 184 Å². The van der Waals surface area contributed by atoms with Gasteiger partial charge in [-0.2, -0.15) is 0 Å². The third-order valence-corrected chi connectivity index (χ3v) is 5.37. The van der Waals surface area contributed by atoms with Crippen LogP contribution in [0, 0.1) is 0 Å². The zero-order valence-electron chi connectivity index (χ0n) is 16.9. The number of rotatable bonds is 5. The number of carbonyl (C=O) groups excluding carboxylic acids is 1. The Kier molecular flexibility index (Phi) is 4.92. The number of hydrogen-bond acceptors (Lipinski definition) is 4. The largest absolute Gasteiger partial charge is 0.489 e. The van der Waals surface area contributed by atoms with Crippen LogP contribution >= 0.6 is 0 Å². The molecule has 32 heavy (non-hydrogen) atoms. The zero-order chi connectivity index (χ0) is 22.1. The fourth-order valence-corrected chi connectivity index (χ4v) is 3.71. The summed E-state index contributed by atoms with van der Waals surface area (Å²) in [5, 5.41) is 11.3. The molecule has 5 heteroatoms. The van der Waals surface area contributed by atoms with Crippen molar-refractivity contribution in [3.63, 3.8) is 0 Å². The summed E-state index contributed by atoms with van der Waals surface area (Å²) >= 11 is 0. The summed E-state index contributed by atoms with van der Waals surface area (Å²) in [5.74, 6) is 0.0217. The van der Waals surface area contributed by atoms with Crippen molar-refractivity contribution in [2.24, 2.45) is 0 Å². The second kappa shape index (κ2) is 8.04. The lowest BCUT2D eigenvalue weighted by molar-refractivity contribution is 0.0696. The molecule has 0 atom stereocenters. The van der Waals surface area contributed by atoms with Gasteiger partial charge in [0.2, 0.25) is 5.78 Å². The fourth-order valence-electron chi connectivity index (χ4n) is 3.71. The average Bonchev–Trinajstić information content (AvgIpc) is 3.12. The molecule has 0 bridgehead atoms. The van der Waals surface area contributed by atoms with Crippen LogP contribution in [0.4, 0.5) is 0 Å². The first-order chi connectivity index (χ1) is 15.6. The summed E-state index contributed by atoms with van der Waals surface area (Å²) in [6.45, 7) is 0.396. The highest BCUT2D eigenvalue weighted by molar-refractivity contribution is 6.14. The van der Waals surface area contributed by atoms with Crippen LogP contribution in [-0.2, 0) is 6.61 Å². The summed E-state index contributed by atoms with van der Waals surface area (Å²) in [4.78, 5) is 23.7. The van der Waals surface area contributed by atoms with Gasteiger partial charge in [-0.3, -0.25) is 4.79 Å². The molecule has 5 nitrogen and oxygen atoms in total. The van der Waals surface area contributed by atoms with Crippen LogP contribution in [0.2, 0.25) is 0 Å². The van der Waals surface area contributed by atoms with Gasteiger partial charge >= 0.3 is 5.97 Å². The Morgan fingerprint density at radius 3 is 2.53 bits per heavy atom. The molecule has 0 radical (unpaired) electrons. The highest BCUT2D eigenvalue weighted by Gasteiger charge is 2.27. The SMILES string of the molecule is O=C(O)c1ccc(/C=C2\Oc3cc(OCc4cccc5ccccc45)ccc3C2=O)cc1. The Bertz CT molecular complexity index is 1380. The van der Waals surface area contributed by atoms with E-state index in [1.807, 2.05) is 24.3 Å². The first-order valence-electron chi connectivity index (χ1n) is 10.1. The van der Waals surface area contributed by atoms with Gasteiger partial charge in [-0.25, -0.2) is 4.79 Å². The van der Waals surface area contributed by atoms with E-state index in [0.717, 1.165) is 16.3 Å². The number of benzene rings is 4. The Hall–Kier alpha value is -4.38. The van der Waals surface area contributed by atoms with Crippen molar-refractivity contribution in [1.82, 2.24) is 0 Å². The number of hydrogen-bond donors (Lipinski definition) is 1. The standard InChI is InChI=1S/C27H18O5/c28-26-23-13-12-21(31-16-20-6-3-5-18-4-1-2-7-22(18)20)15-24(23)32-25(26)14-17-8-10-19(11-9-17)27(29)30/h1-15H,16H2,(H,29,30)/b25-14-. The molecule has 0 aromatic heterocycles. The summed E-state index contributed by atoms with van der Waals surface area (Å²) in [6, 6.07) is 25.7. The minimum atomic E-state index is -0.999. The molecule has 0 aliphatic carbocycles. The van der Waals surface area contributed by atoms with Crippen LogP contribution in [0.3, 0.4) is 0 Å². The lowest BCUT2D eigenvalue weighted by Crippen LogP contribution is -1.99. The maximum atomic E-state index is 12.7. The molecule has 0 spiro atoms. The highest BCUT2D eigenvalue weighted by Crippen LogP contribution is 2.35. The van der Waals surface area contributed by atoms with Crippen LogP contribution in [0.25, 0.3) is 16.8 Å². The van der Waals surface area contributed by atoms with Gasteiger partial charge < -0.3 is 14.6 Å². The van der Waals surface area contributed by atoms with Gasteiger partial charge in [0.25, 0.3) is 0 Å². The molecule has 0 fully saturated rings. The van der Waals surface area contributed by atoms with E-state index in [4.69, 9.17) is 14.6 Å². The van der Waals surface area contributed by atoms with E-state index in [1.54, 1.807) is 36.4 Å². The summed E-state index contributed by atoms with van der Waals surface area (Å²) < 4.78 is 11.8. The third kappa shape index (κ3) is 3.72. The molecular formula is C27H18O5. The van der Waals surface area contributed by atoms with Gasteiger partial charge in [0.05, 0.1) is 11.1 Å². The number of Topliss-reactive ketones (excluding diaryl/α,β-unsaturated/α-hetero) is 1. The molecule has 1 aliphatic rings. The maximum Gasteiger partial charge on any atom is 0.335 e. The zero-order valence-corrected chi connectivity index (χ0v) is 16.9. The van der Waals surface area contributed by atoms with E-state index >= 15 is 0 Å². The van der Waals surface area contributed by atoms with Gasteiger partial charge in [0.15, 0.2) is 5.76 Å². The van der Waals surface area contributed by atoms with E-state index < -0.39 is 5.97 Å². The normalized spacial score (nSPS) is 13.8. The van der Waals surface area contributed by atoms with E-state index in [-0.39, 0.29) is 17.1 Å². The number of allylic oxidation sites excluding steroid dienone is 1. The molecule has 0 saturated heterocycles. The number of carbonyl (C=O) groups is 2. The predicted octanol–water partition coefficient (Wildman–Crippen LogP) is 5.73. The van der Waals surface area contributed by atoms with Crippen LogP contribution in [0.1, 0.15) is 31.8 Å². The minimum absolute atomic E-state index is 0.182. The summed E-state index contributed by atoms with van der Waals surface area (Å²) in [6.07, 6.45) is 1.60. The minimum Gasteiger partial charge on any atom is -0.489 e. The Morgan fingerprint density at radius 1 is 0.938 bits per heavy atom. The molecule has 1 heterocycles. The van der Waals surface area contributed by atoms with Crippen molar-refractivity contribution in [3.8, 4) is 11.5 Å². The summed E-state index contributed by atoms with van der Waals surface area (Å²) in [7, 11) is 0. The van der Waals surface area contributed by atoms with Gasteiger partial charge in [-0.1, -0.05) is 54.6 Å². The van der Waals surface area contributed by atoms with Crippen molar-refractivity contribution < 1.29 is 24.2 Å². The molecule has 0 amide bonds. The van der Waals surface area contributed by atoms with Crippen molar-refractivity contribution in [2.75, 3.05) is 0 Å². The molecule has 1 aliphatic heterocycles. The molecule has 5 rings (SSSR count). The fraction of sp³-hybridized carbons (Fsp3) is 0.0370. The number of ketones is 1. The van der Waals surface area contributed by atoms with Crippen molar-refractivity contribution in [2.45, 2.75) is 6.61 Å². The van der Waals surface area contributed by atoms with Crippen LogP contribution in [0.5, 0.6) is 11.5 Å². The topological polar surface area (TPSA) is 72.8 Å². The molecule has 0 saturated carbocycles. The van der Waals surface area contributed by atoms with Crippen molar-refractivity contribution in [3.05, 3.63) is 113 Å². The number of ether oxygens (including phenoxy) is 2. The van der Waals surface area contributed by atoms with E-state index in [1.165, 1.54) is 12.1 Å². The average molecular weight is 422 g/mol.